The molecule has 0 spiro atoms. The molecule has 0 heterocycles. The molecule has 0 radical (unpaired) electrons. The largest absolute Gasteiger partial charge is 0.341 e. The molecule has 0 nitrogen and oxygen atoms in total. The number of hydrogen-bond acceptors (Lipinski definition) is 1. The quantitative estimate of drug-likeness (QED) is 0.0684. The number of rotatable bonds is 22. The molecule has 27 heavy (non-hydrogen) atoms. The summed E-state index contributed by atoms with van der Waals surface area (Å²) in [7, 11) is 0. The van der Waals surface area contributed by atoms with Gasteiger partial charge in [0, 0.05) is 0 Å². The Balaban J connectivity index is 3.01. The molecule has 0 aliphatic heterocycles. The lowest BCUT2D eigenvalue weighted by Gasteiger charge is -2.07. The van der Waals surface area contributed by atoms with Gasteiger partial charge in [0.25, 0.3) is 0 Å². The zero-order valence-corrected chi connectivity index (χ0v) is 21.8. The summed E-state index contributed by atoms with van der Waals surface area (Å²) in [4.78, 5) is 0. The normalized spacial score (nSPS) is 12.0. The van der Waals surface area contributed by atoms with Gasteiger partial charge in [-0.3, -0.25) is 0 Å². The summed E-state index contributed by atoms with van der Waals surface area (Å²) in [5.74, 6) is 1.06. The van der Waals surface area contributed by atoms with Crippen LogP contribution in [0.4, 0.5) is 0 Å². The molecule has 0 aromatic rings. The Morgan fingerprint density at radius 2 is 0.593 bits per heavy atom. The number of hydrogen-bond donors (Lipinski definition) is 1. The molecule has 0 aliphatic rings. The van der Waals surface area contributed by atoms with Crippen molar-refractivity contribution < 1.29 is 0 Å². The Morgan fingerprint density at radius 3 is 0.815 bits per heavy atom. The lowest BCUT2D eigenvalue weighted by atomic mass is 10.0. The molecule has 0 aromatic carbocycles. The molecule has 5 heteroatoms. The molecule has 0 N–H and O–H groups in total. The van der Waals surface area contributed by atoms with Crippen molar-refractivity contribution in [3.05, 3.63) is 0 Å². The number of thiol groups is 1. The Kier molecular flexibility index (Phi) is 23.3. The minimum absolute atomic E-state index is 0.828. The highest BCUT2D eigenvalue weighted by atomic mass is 35.8. The highest BCUT2D eigenvalue weighted by Crippen LogP contribution is 2.27. The molecule has 0 atom stereocenters. The lowest BCUT2D eigenvalue weighted by Crippen LogP contribution is -2.07. The van der Waals surface area contributed by atoms with E-state index in [-0.39, 0.29) is 0 Å². The Labute approximate surface area is 191 Å². The van der Waals surface area contributed by atoms with Crippen molar-refractivity contribution in [3.8, 4) is 0 Å². The predicted molar refractivity (Wildman–Crippen MR) is 134 cm³/mol. The van der Waals surface area contributed by atoms with Crippen LogP contribution in [0.2, 0.25) is 6.04 Å². The van der Waals surface area contributed by atoms with E-state index < -0.39 is 6.00 Å². The maximum absolute atomic E-state index is 5.89. The van der Waals surface area contributed by atoms with E-state index in [1.807, 2.05) is 0 Å². The van der Waals surface area contributed by atoms with Crippen molar-refractivity contribution in [2.75, 3.05) is 5.75 Å². The van der Waals surface area contributed by atoms with Crippen LogP contribution in [-0.4, -0.2) is 11.8 Å². The van der Waals surface area contributed by atoms with Crippen LogP contribution in [-0.2, 0) is 0 Å². The minimum atomic E-state index is -2.36. The van der Waals surface area contributed by atoms with Gasteiger partial charge in [0.15, 0.2) is 0 Å². The Morgan fingerprint density at radius 1 is 0.370 bits per heavy atom. The highest BCUT2D eigenvalue weighted by molar-refractivity contribution is 7.80. The van der Waals surface area contributed by atoms with E-state index in [0.29, 0.717) is 0 Å². The van der Waals surface area contributed by atoms with Gasteiger partial charge in [-0.25, -0.2) is 0 Å². The first-order chi connectivity index (χ1) is 13.1. The summed E-state index contributed by atoms with van der Waals surface area (Å²) >= 11 is 21.9. The zero-order chi connectivity index (χ0) is 20.1. The summed E-state index contributed by atoms with van der Waals surface area (Å²) in [6.07, 6.45) is 27.8. The molecule has 0 saturated heterocycles. The molecular formula is C22H45Cl3SSi. The van der Waals surface area contributed by atoms with Crippen LogP contribution in [0, 0.1) is 0 Å². The van der Waals surface area contributed by atoms with Gasteiger partial charge in [0.2, 0.25) is 0 Å². The highest BCUT2D eigenvalue weighted by Gasteiger charge is 2.23. The average Bonchev–Trinajstić information content (AvgIpc) is 2.62. The molecule has 0 amide bonds. The van der Waals surface area contributed by atoms with Crippen molar-refractivity contribution >= 4 is 51.9 Å². The van der Waals surface area contributed by atoms with E-state index in [1.54, 1.807) is 0 Å². The van der Waals surface area contributed by atoms with Crippen LogP contribution in [0.25, 0.3) is 0 Å². The van der Waals surface area contributed by atoms with E-state index in [9.17, 15) is 0 Å². The second-order valence-corrected chi connectivity index (χ2v) is 17.9. The predicted octanol–water partition coefficient (Wildman–Crippen LogP) is 10.4. The van der Waals surface area contributed by atoms with Crippen LogP contribution in [0.5, 0.6) is 0 Å². The molecule has 0 aromatic heterocycles. The maximum Gasteiger partial charge on any atom is 0.341 e. The van der Waals surface area contributed by atoms with E-state index >= 15 is 0 Å². The lowest BCUT2D eigenvalue weighted by molar-refractivity contribution is 0.523. The first kappa shape index (κ1) is 28.4. The first-order valence-corrected chi connectivity index (χ1v) is 17.6. The van der Waals surface area contributed by atoms with Crippen LogP contribution in [0.3, 0.4) is 0 Å². The van der Waals surface area contributed by atoms with Crippen LogP contribution in [0.1, 0.15) is 128 Å². The number of halogens is 3. The zero-order valence-electron chi connectivity index (χ0n) is 17.6. The van der Waals surface area contributed by atoms with Crippen LogP contribution < -0.4 is 0 Å². The van der Waals surface area contributed by atoms with Crippen molar-refractivity contribution in [2.24, 2.45) is 0 Å². The van der Waals surface area contributed by atoms with Gasteiger partial charge in [-0.05, 0) is 18.2 Å². The van der Waals surface area contributed by atoms with Crippen LogP contribution >= 0.6 is 45.9 Å². The van der Waals surface area contributed by atoms with E-state index in [2.05, 4.69) is 12.6 Å². The fourth-order valence-corrected chi connectivity index (χ4v) is 5.70. The van der Waals surface area contributed by atoms with Crippen molar-refractivity contribution in [1.29, 1.82) is 0 Å². The van der Waals surface area contributed by atoms with Gasteiger partial charge in [-0.2, -0.15) is 12.6 Å². The molecule has 0 unspecified atom stereocenters. The van der Waals surface area contributed by atoms with Gasteiger partial charge >= 0.3 is 6.00 Å². The van der Waals surface area contributed by atoms with Gasteiger partial charge in [-0.15, -0.1) is 33.2 Å². The fourth-order valence-electron chi connectivity index (χ4n) is 3.62. The Hall–Kier alpha value is 1.44. The smallest absolute Gasteiger partial charge is 0.179 e. The number of unbranched alkanes of at least 4 members (excludes halogenated alkanes) is 19. The third-order valence-corrected chi connectivity index (χ3v) is 8.31. The first-order valence-electron chi connectivity index (χ1n) is 11.7. The average molecular weight is 476 g/mol. The fraction of sp³-hybridized carbons (Fsp3) is 1.00. The second kappa shape index (κ2) is 22.1. The molecule has 0 fully saturated rings. The topological polar surface area (TPSA) is 0 Å². The van der Waals surface area contributed by atoms with Crippen LogP contribution in [0.15, 0.2) is 0 Å². The maximum atomic E-state index is 5.89. The summed E-state index contributed by atoms with van der Waals surface area (Å²) in [6.45, 7) is 0. The SMILES string of the molecule is SCCCCCCCCCCCCCCCCCCCCCC[Si](Cl)(Cl)Cl. The van der Waals surface area contributed by atoms with Crippen molar-refractivity contribution in [3.63, 3.8) is 0 Å². The molecule has 0 bridgehead atoms. The molecule has 0 saturated carbocycles. The van der Waals surface area contributed by atoms with Gasteiger partial charge in [-0.1, -0.05) is 122 Å². The third kappa shape index (κ3) is 27.4. The van der Waals surface area contributed by atoms with Gasteiger partial charge in [0.1, 0.15) is 0 Å². The standard InChI is InChI=1S/C22H45Cl3SSi/c23-27(24,25)22-20-18-16-14-12-10-8-6-4-2-1-3-5-7-9-11-13-15-17-19-21-26/h26H,1-22H2. The van der Waals surface area contributed by atoms with E-state index in [1.165, 1.54) is 122 Å². The second-order valence-electron chi connectivity index (χ2n) is 8.16. The summed E-state index contributed by atoms with van der Waals surface area (Å²) in [5, 5.41) is 0. The van der Waals surface area contributed by atoms with Gasteiger partial charge in [0.05, 0.1) is 0 Å². The third-order valence-electron chi connectivity index (χ3n) is 5.37. The minimum Gasteiger partial charge on any atom is -0.179 e. The monoisotopic (exact) mass is 474 g/mol. The summed E-state index contributed by atoms with van der Waals surface area (Å²) in [5.41, 5.74) is 0. The molecule has 164 valence electrons. The molecular weight excluding hydrogens is 431 g/mol. The summed E-state index contributed by atoms with van der Waals surface area (Å²) in [6, 6.07) is -1.53. The van der Waals surface area contributed by atoms with Gasteiger partial charge < -0.3 is 0 Å². The molecule has 0 rings (SSSR count). The Bertz CT molecular complexity index is 285. The van der Waals surface area contributed by atoms with Crippen molar-refractivity contribution in [1.82, 2.24) is 0 Å². The van der Waals surface area contributed by atoms with E-state index in [0.717, 1.165) is 18.2 Å². The molecule has 0 aliphatic carbocycles. The summed E-state index contributed by atoms with van der Waals surface area (Å²) < 4.78 is 0. The van der Waals surface area contributed by atoms with E-state index in [4.69, 9.17) is 33.2 Å². The van der Waals surface area contributed by atoms with Crippen molar-refractivity contribution in [2.45, 2.75) is 134 Å².